The maximum absolute atomic E-state index is 11.3. The summed E-state index contributed by atoms with van der Waals surface area (Å²) >= 11 is 0. The SMILES string of the molecule is CC(C)N1C[C@@H](C)C(=O)C[C@@H]1C.Cl. The van der Waals surface area contributed by atoms with E-state index in [-0.39, 0.29) is 18.3 Å². The maximum atomic E-state index is 11.3. The zero-order chi connectivity index (χ0) is 9.30. The van der Waals surface area contributed by atoms with Crippen molar-refractivity contribution in [2.45, 2.75) is 46.2 Å². The Hall–Kier alpha value is -0.0800. The van der Waals surface area contributed by atoms with Crippen LogP contribution < -0.4 is 0 Å². The van der Waals surface area contributed by atoms with Gasteiger partial charge in [0.25, 0.3) is 0 Å². The third-order valence-corrected chi connectivity index (χ3v) is 2.76. The van der Waals surface area contributed by atoms with Gasteiger partial charge in [-0.3, -0.25) is 9.69 Å². The fourth-order valence-electron chi connectivity index (χ4n) is 1.93. The molecule has 0 bridgehead atoms. The van der Waals surface area contributed by atoms with Crippen molar-refractivity contribution in [2.75, 3.05) is 6.54 Å². The lowest BCUT2D eigenvalue weighted by atomic mass is 9.92. The Morgan fingerprint density at radius 2 is 1.92 bits per heavy atom. The van der Waals surface area contributed by atoms with Gasteiger partial charge in [-0.1, -0.05) is 6.92 Å². The molecule has 13 heavy (non-hydrogen) atoms. The van der Waals surface area contributed by atoms with Gasteiger partial charge >= 0.3 is 0 Å². The predicted octanol–water partition coefficient (Wildman–Crippen LogP) is 2.12. The van der Waals surface area contributed by atoms with Crippen molar-refractivity contribution >= 4 is 18.2 Å². The van der Waals surface area contributed by atoms with Crippen molar-refractivity contribution in [1.82, 2.24) is 4.90 Å². The molecule has 1 heterocycles. The number of likely N-dealkylation sites (tertiary alicyclic amines) is 1. The molecule has 0 aromatic heterocycles. The van der Waals surface area contributed by atoms with Gasteiger partial charge in [0.2, 0.25) is 0 Å². The van der Waals surface area contributed by atoms with Gasteiger partial charge in [-0.05, 0) is 20.8 Å². The molecule has 2 atom stereocenters. The van der Waals surface area contributed by atoms with E-state index in [1.807, 2.05) is 6.92 Å². The second kappa shape index (κ2) is 4.97. The summed E-state index contributed by atoms with van der Waals surface area (Å²) in [5, 5.41) is 0. The summed E-state index contributed by atoms with van der Waals surface area (Å²) in [6.45, 7) is 9.50. The fourth-order valence-corrected chi connectivity index (χ4v) is 1.93. The van der Waals surface area contributed by atoms with E-state index in [0.717, 1.165) is 13.0 Å². The summed E-state index contributed by atoms with van der Waals surface area (Å²) in [6.07, 6.45) is 0.735. The van der Waals surface area contributed by atoms with Crippen molar-refractivity contribution in [3.05, 3.63) is 0 Å². The van der Waals surface area contributed by atoms with E-state index in [0.29, 0.717) is 17.9 Å². The van der Waals surface area contributed by atoms with E-state index in [1.165, 1.54) is 0 Å². The number of rotatable bonds is 1. The molecule has 3 heteroatoms. The van der Waals surface area contributed by atoms with Gasteiger partial charge in [0.15, 0.2) is 0 Å². The van der Waals surface area contributed by atoms with Crippen LogP contribution in [0.25, 0.3) is 0 Å². The Morgan fingerprint density at radius 3 is 2.38 bits per heavy atom. The number of hydrogen-bond acceptors (Lipinski definition) is 2. The highest BCUT2D eigenvalue weighted by atomic mass is 35.5. The van der Waals surface area contributed by atoms with Gasteiger partial charge < -0.3 is 0 Å². The molecule has 0 radical (unpaired) electrons. The van der Waals surface area contributed by atoms with Gasteiger partial charge in [-0.25, -0.2) is 0 Å². The molecule has 1 aliphatic rings. The van der Waals surface area contributed by atoms with Crippen molar-refractivity contribution in [1.29, 1.82) is 0 Å². The number of ketones is 1. The van der Waals surface area contributed by atoms with Crippen LogP contribution in [0.1, 0.15) is 34.1 Å². The summed E-state index contributed by atoms with van der Waals surface area (Å²) in [5.41, 5.74) is 0. The highest BCUT2D eigenvalue weighted by Gasteiger charge is 2.30. The minimum atomic E-state index is 0. The van der Waals surface area contributed by atoms with Gasteiger partial charge in [0.1, 0.15) is 5.78 Å². The largest absolute Gasteiger partial charge is 0.299 e. The summed E-state index contributed by atoms with van der Waals surface area (Å²) in [5.74, 6) is 0.669. The second-order valence-corrected chi connectivity index (χ2v) is 4.21. The number of Topliss-reactive ketones (excluding diaryl/α,β-unsaturated/α-hetero) is 1. The van der Waals surface area contributed by atoms with E-state index >= 15 is 0 Å². The molecule has 0 aliphatic carbocycles. The first-order valence-corrected chi connectivity index (χ1v) is 4.80. The van der Waals surface area contributed by atoms with E-state index in [1.54, 1.807) is 0 Å². The molecule has 0 aromatic carbocycles. The van der Waals surface area contributed by atoms with Crippen LogP contribution in [-0.4, -0.2) is 29.3 Å². The summed E-state index contributed by atoms with van der Waals surface area (Å²) in [4.78, 5) is 13.8. The third-order valence-electron chi connectivity index (χ3n) is 2.76. The molecule has 1 rings (SSSR count). The fraction of sp³-hybridized carbons (Fsp3) is 0.900. The van der Waals surface area contributed by atoms with Gasteiger partial charge in [-0.2, -0.15) is 0 Å². The second-order valence-electron chi connectivity index (χ2n) is 4.21. The zero-order valence-electron chi connectivity index (χ0n) is 8.91. The first-order chi connectivity index (χ1) is 5.52. The third kappa shape index (κ3) is 2.96. The standard InChI is InChI=1S/C10H19NO.ClH/c1-7(2)11-6-8(3)10(12)5-9(11)4;/h7-9H,5-6H2,1-4H3;1H/t8-,9+;/m1./s1. The highest BCUT2D eigenvalue weighted by molar-refractivity contribution is 5.85. The van der Waals surface area contributed by atoms with Crippen molar-refractivity contribution in [2.24, 2.45) is 5.92 Å². The number of carbonyl (C=O) groups excluding carboxylic acids is 1. The highest BCUT2D eigenvalue weighted by Crippen LogP contribution is 2.20. The summed E-state index contributed by atoms with van der Waals surface area (Å²) in [7, 11) is 0. The van der Waals surface area contributed by atoms with Crippen LogP contribution in [0.5, 0.6) is 0 Å². The zero-order valence-corrected chi connectivity index (χ0v) is 9.73. The van der Waals surface area contributed by atoms with Crippen LogP contribution >= 0.6 is 12.4 Å². The lowest BCUT2D eigenvalue weighted by Gasteiger charge is -2.38. The smallest absolute Gasteiger partial charge is 0.138 e. The molecular weight excluding hydrogens is 186 g/mol. The van der Waals surface area contributed by atoms with E-state index < -0.39 is 0 Å². The topological polar surface area (TPSA) is 20.3 Å². The van der Waals surface area contributed by atoms with Gasteiger partial charge in [0.05, 0.1) is 0 Å². The molecule has 1 saturated heterocycles. The number of nitrogens with zero attached hydrogens (tertiary/aromatic N) is 1. The van der Waals surface area contributed by atoms with E-state index in [2.05, 4.69) is 25.7 Å². The Kier molecular flexibility index (Phi) is 4.93. The lowest BCUT2D eigenvalue weighted by molar-refractivity contribution is -0.127. The minimum Gasteiger partial charge on any atom is -0.299 e. The van der Waals surface area contributed by atoms with Crippen LogP contribution in [0, 0.1) is 5.92 Å². The van der Waals surface area contributed by atoms with Crippen LogP contribution in [0.2, 0.25) is 0 Å². The molecule has 0 amide bonds. The van der Waals surface area contributed by atoms with Crippen LogP contribution in [0.3, 0.4) is 0 Å². The molecular formula is C10H20ClNO. The normalized spacial score (nSPS) is 30.4. The molecule has 0 unspecified atom stereocenters. The predicted molar refractivity (Wildman–Crippen MR) is 57.3 cm³/mol. The Bertz CT molecular complexity index is 182. The quantitative estimate of drug-likeness (QED) is 0.654. The maximum Gasteiger partial charge on any atom is 0.138 e. The van der Waals surface area contributed by atoms with Crippen LogP contribution in [-0.2, 0) is 4.79 Å². The first-order valence-electron chi connectivity index (χ1n) is 4.80. The minimum absolute atomic E-state index is 0. The van der Waals surface area contributed by atoms with Crippen molar-refractivity contribution in [3.63, 3.8) is 0 Å². The Balaban J connectivity index is 0.00000144. The lowest BCUT2D eigenvalue weighted by Crippen LogP contribution is -2.48. The molecule has 0 saturated carbocycles. The molecule has 0 spiro atoms. The van der Waals surface area contributed by atoms with E-state index in [9.17, 15) is 4.79 Å². The van der Waals surface area contributed by atoms with Crippen LogP contribution in [0.15, 0.2) is 0 Å². The average Bonchev–Trinajstić information content (AvgIpc) is 1.96. The molecule has 0 N–H and O–H groups in total. The molecule has 0 aromatic rings. The van der Waals surface area contributed by atoms with Gasteiger partial charge in [-0.15, -0.1) is 12.4 Å². The number of hydrogen-bond donors (Lipinski definition) is 0. The molecule has 1 fully saturated rings. The van der Waals surface area contributed by atoms with Gasteiger partial charge in [0, 0.05) is 31.0 Å². The average molecular weight is 206 g/mol. The molecule has 2 nitrogen and oxygen atoms in total. The summed E-state index contributed by atoms with van der Waals surface area (Å²) < 4.78 is 0. The Labute approximate surface area is 87.1 Å². The van der Waals surface area contributed by atoms with E-state index in [4.69, 9.17) is 0 Å². The number of halogens is 1. The molecule has 1 aliphatic heterocycles. The van der Waals surface area contributed by atoms with Crippen LogP contribution in [0.4, 0.5) is 0 Å². The number of carbonyl (C=O) groups is 1. The van der Waals surface area contributed by atoms with Crippen molar-refractivity contribution in [3.8, 4) is 0 Å². The first kappa shape index (κ1) is 12.9. The Morgan fingerprint density at radius 1 is 1.38 bits per heavy atom. The monoisotopic (exact) mass is 205 g/mol. The number of piperidine rings is 1. The molecule has 78 valence electrons. The summed E-state index contributed by atoms with van der Waals surface area (Å²) in [6, 6.07) is 1.00. The van der Waals surface area contributed by atoms with Crippen molar-refractivity contribution < 1.29 is 4.79 Å².